The van der Waals surface area contributed by atoms with Crippen LogP contribution in [0.1, 0.15) is 6.42 Å². The maximum Gasteiger partial charge on any atom is 0.227 e. The fraction of sp³-hybridized carbons (Fsp3) is 0.154. The average Bonchev–Trinajstić information content (AvgIpc) is 2.45. The predicted octanol–water partition coefficient (Wildman–Crippen LogP) is 2.77. The van der Waals surface area contributed by atoms with Crippen molar-refractivity contribution < 1.29 is 9.53 Å². The largest absolute Gasteiger partial charge is 0.493 e. The maximum absolute atomic E-state index is 11.8. The zero-order valence-corrected chi connectivity index (χ0v) is 12.4. The molecule has 0 saturated carbocycles. The normalized spacial score (nSPS) is 10.2. The number of nitrogen functional groups attached to an aromatic ring is 1. The van der Waals surface area contributed by atoms with Gasteiger partial charge in [-0.3, -0.25) is 4.79 Å². The molecule has 0 fully saturated rings. The van der Waals surface area contributed by atoms with Crippen molar-refractivity contribution in [3.63, 3.8) is 0 Å². The van der Waals surface area contributed by atoms with Crippen LogP contribution < -0.4 is 15.8 Å². The van der Waals surface area contributed by atoms with E-state index in [1.165, 1.54) is 6.33 Å². The lowest BCUT2D eigenvalue weighted by molar-refractivity contribution is -0.116. The number of rotatable bonds is 5. The molecule has 2 aromatic rings. The van der Waals surface area contributed by atoms with Crippen molar-refractivity contribution in [2.45, 2.75) is 6.42 Å². The fourth-order valence-electron chi connectivity index (χ4n) is 1.48. The molecule has 0 saturated heterocycles. The summed E-state index contributed by atoms with van der Waals surface area (Å²) in [6, 6.07) is 6.89. The van der Waals surface area contributed by atoms with E-state index in [9.17, 15) is 4.79 Å². The van der Waals surface area contributed by atoms with E-state index in [-0.39, 0.29) is 34.9 Å². The summed E-state index contributed by atoms with van der Waals surface area (Å²) < 4.78 is 5.42. The molecular formula is C13H12Cl2N4O2. The molecule has 2 rings (SSSR count). The molecule has 21 heavy (non-hydrogen) atoms. The zero-order valence-electron chi connectivity index (χ0n) is 10.8. The number of amides is 1. The minimum Gasteiger partial charge on any atom is -0.493 e. The van der Waals surface area contributed by atoms with E-state index < -0.39 is 0 Å². The minimum absolute atomic E-state index is 0.0859. The predicted molar refractivity (Wildman–Crippen MR) is 81.6 cm³/mol. The number of hydrogen-bond donors (Lipinski definition) is 2. The quantitative estimate of drug-likeness (QED) is 0.651. The topological polar surface area (TPSA) is 90.1 Å². The third-order valence-corrected chi connectivity index (χ3v) is 3.07. The van der Waals surface area contributed by atoms with Gasteiger partial charge in [-0.15, -0.1) is 0 Å². The van der Waals surface area contributed by atoms with E-state index in [4.69, 9.17) is 33.7 Å². The van der Waals surface area contributed by atoms with Crippen LogP contribution in [0.4, 0.5) is 11.4 Å². The minimum atomic E-state index is -0.302. The molecule has 110 valence electrons. The summed E-state index contributed by atoms with van der Waals surface area (Å²) in [5, 5.41) is 2.72. The van der Waals surface area contributed by atoms with Crippen molar-refractivity contribution in [1.82, 2.24) is 9.97 Å². The first-order chi connectivity index (χ1) is 10.1. The second-order valence-electron chi connectivity index (χ2n) is 4.05. The van der Waals surface area contributed by atoms with Crippen LogP contribution in [0.3, 0.4) is 0 Å². The van der Waals surface area contributed by atoms with Crippen molar-refractivity contribution in [2.24, 2.45) is 0 Å². The highest BCUT2D eigenvalue weighted by atomic mass is 35.5. The SMILES string of the molecule is Nc1ccc(OCCC(=O)Nc2c(Cl)ncnc2Cl)cc1. The summed E-state index contributed by atoms with van der Waals surface area (Å²) in [5.41, 5.74) is 6.40. The Labute approximate surface area is 131 Å². The Morgan fingerprint density at radius 3 is 2.43 bits per heavy atom. The van der Waals surface area contributed by atoms with Crippen LogP contribution in [0.15, 0.2) is 30.6 Å². The number of nitrogens with two attached hydrogens (primary N) is 1. The molecule has 8 heteroatoms. The van der Waals surface area contributed by atoms with Crippen molar-refractivity contribution in [2.75, 3.05) is 17.7 Å². The molecule has 0 unspecified atom stereocenters. The first-order valence-corrected chi connectivity index (χ1v) is 6.76. The average molecular weight is 327 g/mol. The summed E-state index contributed by atoms with van der Waals surface area (Å²) >= 11 is 11.6. The summed E-state index contributed by atoms with van der Waals surface area (Å²) in [6.45, 7) is 0.207. The van der Waals surface area contributed by atoms with E-state index in [1.54, 1.807) is 24.3 Å². The second-order valence-corrected chi connectivity index (χ2v) is 4.76. The van der Waals surface area contributed by atoms with Crippen LogP contribution in [0.5, 0.6) is 5.75 Å². The molecule has 0 spiro atoms. The number of aromatic nitrogens is 2. The Morgan fingerprint density at radius 2 is 1.81 bits per heavy atom. The molecule has 0 radical (unpaired) electrons. The van der Waals surface area contributed by atoms with Gasteiger partial charge in [0.15, 0.2) is 10.3 Å². The van der Waals surface area contributed by atoms with Crippen LogP contribution in [-0.4, -0.2) is 22.5 Å². The third-order valence-electron chi connectivity index (χ3n) is 2.50. The first-order valence-electron chi connectivity index (χ1n) is 6.00. The van der Waals surface area contributed by atoms with Crippen molar-refractivity contribution >= 4 is 40.5 Å². The van der Waals surface area contributed by atoms with Gasteiger partial charge >= 0.3 is 0 Å². The van der Waals surface area contributed by atoms with Gasteiger partial charge in [0.2, 0.25) is 5.91 Å². The molecule has 0 aliphatic carbocycles. The van der Waals surface area contributed by atoms with Crippen LogP contribution in [0, 0.1) is 0 Å². The standard InChI is InChI=1S/C13H12Cl2N4O2/c14-12-11(13(15)18-7-17-12)19-10(20)5-6-21-9-3-1-8(16)2-4-9/h1-4,7H,5-6,16H2,(H,19,20). The molecule has 0 aliphatic heterocycles. The Morgan fingerprint density at radius 1 is 1.19 bits per heavy atom. The summed E-state index contributed by atoms with van der Waals surface area (Å²) in [5.74, 6) is 0.333. The molecule has 0 aliphatic rings. The molecule has 0 bridgehead atoms. The van der Waals surface area contributed by atoms with E-state index in [0.29, 0.717) is 11.4 Å². The van der Waals surface area contributed by atoms with Crippen molar-refractivity contribution in [3.8, 4) is 5.75 Å². The smallest absolute Gasteiger partial charge is 0.227 e. The molecule has 3 N–H and O–H groups in total. The molecule has 1 amide bonds. The summed E-state index contributed by atoms with van der Waals surface area (Å²) in [4.78, 5) is 19.3. The number of nitrogens with zero attached hydrogens (tertiary/aromatic N) is 2. The van der Waals surface area contributed by atoms with Crippen LogP contribution >= 0.6 is 23.2 Å². The molecular weight excluding hydrogens is 315 g/mol. The zero-order chi connectivity index (χ0) is 15.2. The lowest BCUT2D eigenvalue weighted by Gasteiger charge is -2.09. The molecule has 1 heterocycles. The number of carbonyl (C=O) groups is 1. The Balaban J connectivity index is 1.84. The van der Waals surface area contributed by atoms with E-state index in [1.807, 2.05) is 0 Å². The number of nitrogens with one attached hydrogen (secondary N) is 1. The lowest BCUT2D eigenvalue weighted by Crippen LogP contribution is -2.16. The Hall–Kier alpha value is -2.05. The van der Waals surface area contributed by atoms with Gasteiger partial charge in [0.1, 0.15) is 17.8 Å². The second kappa shape index (κ2) is 7.10. The monoisotopic (exact) mass is 326 g/mol. The van der Waals surface area contributed by atoms with E-state index in [2.05, 4.69) is 15.3 Å². The lowest BCUT2D eigenvalue weighted by atomic mass is 10.3. The molecule has 1 aromatic heterocycles. The maximum atomic E-state index is 11.8. The highest BCUT2D eigenvalue weighted by molar-refractivity contribution is 6.38. The van der Waals surface area contributed by atoms with Gasteiger partial charge in [-0.05, 0) is 24.3 Å². The molecule has 1 aromatic carbocycles. The van der Waals surface area contributed by atoms with Crippen LogP contribution in [-0.2, 0) is 4.79 Å². The van der Waals surface area contributed by atoms with Gasteiger partial charge in [0.05, 0.1) is 13.0 Å². The number of ether oxygens (including phenoxy) is 1. The summed E-state index contributed by atoms with van der Waals surface area (Å²) in [6.07, 6.45) is 1.34. The third kappa shape index (κ3) is 4.47. The molecule has 0 atom stereocenters. The fourth-order valence-corrected chi connectivity index (χ4v) is 1.88. The Bertz CT molecular complexity index is 614. The van der Waals surface area contributed by atoms with Gasteiger partial charge < -0.3 is 15.8 Å². The highest BCUT2D eigenvalue weighted by Gasteiger charge is 2.11. The first kappa shape index (κ1) is 15.3. The number of halogens is 2. The van der Waals surface area contributed by atoms with Gasteiger partial charge in [0, 0.05) is 5.69 Å². The Kier molecular flexibility index (Phi) is 5.19. The van der Waals surface area contributed by atoms with E-state index >= 15 is 0 Å². The van der Waals surface area contributed by atoms with Gasteiger partial charge in [0.25, 0.3) is 0 Å². The summed E-state index contributed by atoms with van der Waals surface area (Å²) in [7, 11) is 0. The molecule has 6 nitrogen and oxygen atoms in total. The number of benzene rings is 1. The van der Waals surface area contributed by atoms with E-state index in [0.717, 1.165) is 0 Å². The number of hydrogen-bond acceptors (Lipinski definition) is 5. The van der Waals surface area contributed by atoms with Crippen molar-refractivity contribution in [1.29, 1.82) is 0 Å². The van der Waals surface area contributed by atoms with Crippen molar-refractivity contribution in [3.05, 3.63) is 40.9 Å². The van der Waals surface area contributed by atoms with Gasteiger partial charge in [-0.2, -0.15) is 0 Å². The number of anilines is 2. The van der Waals surface area contributed by atoms with Gasteiger partial charge in [-0.25, -0.2) is 9.97 Å². The van der Waals surface area contributed by atoms with Gasteiger partial charge in [-0.1, -0.05) is 23.2 Å². The highest BCUT2D eigenvalue weighted by Crippen LogP contribution is 2.25. The van der Waals surface area contributed by atoms with Crippen LogP contribution in [0.25, 0.3) is 0 Å². The van der Waals surface area contributed by atoms with Crippen LogP contribution in [0.2, 0.25) is 10.3 Å². The number of carbonyl (C=O) groups excluding carboxylic acids is 1.